The first-order valence-corrected chi connectivity index (χ1v) is 33.9. The summed E-state index contributed by atoms with van der Waals surface area (Å²) < 4.78 is 17.0. The first kappa shape index (κ1) is 74.8. The largest absolute Gasteiger partial charge is 0.462 e. The van der Waals surface area contributed by atoms with E-state index in [4.69, 9.17) is 14.2 Å². The molecule has 0 aromatic carbocycles. The lowest BCUT2D eigenvalue weighted by atomic mass is 10.0. The van der Waals surface area contributed by atoms with Gasteiger partial charge in [0.25, 0.3) is 0 Å². The summed E-state index contributed by atoms with van der Waals surface area (Å²) in [6, 6.07) is 0. The highest BCUT2D eigenvalue weighted by Gasteiger charge is 2.19. The van der Waals surface area contributed by atoms with Crippen LogP contribution in [0.15, 0.2) is 72.9 Å². The van der Waals surface area contributed by atoms with E-state index in [-0.39, 0.29) is 31.1 Å². The van der Waals surface area contributed by atoms with Gasteiger partial charge >= 0.3 is 17.9 Å². The van der Waals surface area contributed by atoms with Crippen molar-refractivity contribution in [3.63, 3.8) is 0 Å². The van der Waals surface area contributed by atoms with E-state index in [9.17, 15) is 14.4 Å². The molecule has 0 fully saturated rings. The lowest BCUT2D eigenvalue weighted by molar-refractivity contribution is -0.167. The molecule has 0 spiro atoms. The van der Waals surface area contributed by atoms with Crippen molar-refractivity contribution in [2.24, 2.45) is 0 Å². The predicted molar refractivity (Wildman–Crippen MR) is 339 cm³/mol. The molecule has 0 aliphatic carbocycles. The average molecular weight is 1090 g/mol. The Morgan fingerprint density at radius 1 is 0.256 bits per heavy atom. The summed E-state index contributed by atoms with van der Waals surface area (Å²) in [5.74, 6) is -0.889. The van der Waals surface area contributed by atoms with E-state index in [1.54, 1.807) is 0 Å². The molecular weight excluding hydrogens is 961 g/mol. The molecule has 0 heterocycles. The summed E-state index contributed by atoms with van der Waals surface area (Å²) in [4.78, 5) is 38.4. The maximum absolute atomic E-state index is 12.9. The molecule has 1 atom stereocenters. The van der Waals surface area contributed by atoms with Gasteiger partial charge in [-0.25, -0.2) is 0 Å². The topological polar surface area (TPSA) is 78.9 Å². The van der Waals surface area contributed by atoms with Gasteiger partial charge in [0, 0.05) is 19.3 Å². The molecule has 452 valence electrons. The van der Waals surface area contributed by atoms with Crippen molar-refractivity contribution in [3.05, 3.63) is 72.9 Å². The number of carbonyl (C=O) groups is 3. The lowest BCUT2D eigenvalue weighted by Crippen LogP contribution is -2.30. The van der Waals surface area contributed by atoms with Gasteiger partial charge in [0.2, 0.25) is 0 Å². The molecule has 0 radical (unpaired) electrons. The third-order valence-electron chi connectivity index (χ3n) is 14.9. The smallest absolute Gasteiger partial charge is 0.306 e. The highest BCUT2D eigenvalue weighted by atomic mass is 16.6. The maximum Gasteiger partial charge on any atom is 0.306 e. The number of rotatable bonds is 62. The number of esters is 3. The van der Waals surface area contributed by atoms with Crippen LogP contribution in [0.1, 0.15) is 348 Å². The fourth-order valence-corrected chi connectivity index (χ4v) is 9.81. The second-order valence-electron chi connectivity index (χ2n) is 22.7. The number of ether oxygens (including phenoxy) is 3. The minimum Gasteiger partial charge on any atom is -0.462 e. The standard InChI is InChI=1S/C72H128O6/c1-4-7-10-13-16-19-22-25-28-31-34-36-38-41-44-47-50-53-56-59-62-65-71(74)77-68-69(67-76-70(73)64-61-58-55-52-49-46-43-40-33-30-27-24-21-18-15-12-9-6-3)78-72(75)66-63-60-57-54-51-48-45-42-39-37-35-32-29-26-23-20-17-14-11-8-5-2/h22-23,25-26,31-32,34-35,38-39,41-42,69H,4-21,24,27-30,33,36-37,40,43-68H2,1-3H3/b25-22-,26-23-,34-31-,35-32-,41-38-,42-39-. The zero-order chi connectivity index (χ0) is 56.4. The second kappa shape index (κ2) is 66.4. The molecule has 0 saturated heterocycles. The zero-order valence-corrected chi connectivity index (χ0v) is 51.9. The van der Waals surface area contributed by atoms with Gasteiger partial charge in [0.05, 0.1) is 0 Å². The van der Waals surface area contributed by atoms with Crippen molar-refractivity contribution in [2.45, 2.75) is 354 Å². The van der Waals surface area contributed by atoms with Gasteiger partial charge in [0.15, 0.2) is 6.10 Å². The molecule has 6 nitrogen and oxygen atoms in total. The molecule has 6 heteroatoms. The third kappa shape index (κ3) is 63.7. The van der Waals surface area contributed by atoms with Crippen molar-refractivity contribution in [1.29, 1.82) is 0 Å². The number of carbonyl (C=O) groups excluding carboxylic acids is 3. The van der Waals surface area contributed by atoms with Crippen LogP contribution in [0, 0.1) is 0 Å². The van der Waals surface area contributed by atoms with E-state index in [1.165, 1.54) is 205 Å². The van der Waals surface area contributed by atoms with Gasteiger partial charge in [-0.2, -0.15) is 0 Å². The average Bonchev–Trinajstić information content (AvgIpc) is 3.44. The van der Waals surface area contributed by atoms with Gasteiger partial charge < -0.3 is 14.2 Å². The Morgan fingerprint density at radius 2 is 0.462 bits per heavy atom. The molecule has 0 bridgehead atoms. The van der Waals surface area contributed by atoms with Crippen molar-refractivity contribution < 1.29 is 28.6 Å². The van der Waals surface area contributed by atoms with Crippen molar-refractivity contribution in [1.82, 2.24) is 0 Å². The van der Waals surface area contributed by atoms with E-state index >= 15 is 0 Å². The van der Waals surface area contributed by atoms with Crippen molar-refractivity contribution in [2.75, 3.05) is 13.2 Å². The number of hydrogen-bond donors (Lipinski definition) is 0. The molecule has 0 aromatic rings. The fraction of sp³-hybridized carbons (Fsp3) is 0.792. The van der Waals surface area contributed by atoms with Crippen LogP contribution < -0.4 is 0 Å². The molecule has 0 N–H and O–H groups in total. The molecule has 78 heavy (non-hydrogen) atoms. The van der Waals surface area contributed by atoms with Gasteiger partial charge in [-0.1, -0.05) is 306 Å². The Labute approximate surface area is 484 Å². The summed E-state index contributed by atoms with van der Waals surface area (Å²) in [6.07, 6.45) is 86.2. The number of hydrogen-bond acceptors (Lipinski definition) is 6. The summed E-state index contributed by atoms with van der Waals surface area (Å²) in [7, 11) is 0. The van der Waals surface area contributed by atoms with Crippen LogP contribution in [0.4, 0.5) is 0 Å². The van der Waals surface area contributed by atoms with Gasteiger partial charge in [-0.15, -0.1) is 0 Å². The summed E-state index contributed by atoms with van der Waals surface area (Å²) in [5, 5.41) is 0. The normalized spacial score (nSPS) is 12.5. The van der Waals surface area contributed by atoms with E-state index in [0.717, 1.165) is 103 Å². The number of allylic oxidation sites excluding steroid dienone is 12. The van der Waals surface area contributed by atoms with Crippen LogP contribution in [-0.4, -0.2) is 37.2 Å². The molecule has 0 saturated carbocycles. The Kier molecular flexibility index (Phi) is 63.7. The molecule has 0 aromatic heterocycles. The third-order valence-corrected chi connectivity index (χ3v) is 14.9. The Morgan fingerprint density at radius 3 is 0.718 bits per heavy atom. The molecule has 1 unspecified atom stereocenters. The predicted octanol–water partition coefficient (Wildman–Crippen LogP) is 23.3. The Bertz CT molecular complexity index is 1440. The Balaban J connectivity index is 4.41. The first-order valence-electron chi connectivity index (χ1n) is 33.9. The highest BCUT2D eigenvalue weighted by Crippen LogP contribution is 2.17. The minimum absolute atomic E-state index is 0.0822. The summed E-state index contributed by atoms with van der Waals surface area (Å²) in [5.41, 5.74) is 0. The lowest BCUT2D eigenvalue weighted by Gasteiger charge is -2.18. The summed E-state index contributed by atoms with van der Waals surface area (Å²) in [6.45, 7) is 6.65. The van der Waals surface area contributed by atoms with Gasteiger partial charge in [-0.3, -0.25) is 14.4 Å². The SMILES string of the molecule is CCCCCCC/C=C\C/C=C\C/C=C\CCCCCCCCC(=O)OCC(COC(=O)CCCCCCCCCCCCCCCCCCCC)OC(=O)CCCCCCCC/C=C\C/C=C\C/C=C\CCCCCCC. The minimum atomic E-state index is -0.789. The van der Waals surface area contributed by atoms with Crippen molar-refractivity contribution in [3.8, 4) is 0 Å². The van der Waals surface area contributed by atoms with Crippen LogP contribution in [0.5, 0.6) is 0 Å². The maximum atomic E-state index is 12.9. The van der Waals surface area contributed by atoms with Crippen LogP contribution in [0.25, 0.3) is 0 Å². The fourth-order valence-electron chi connectivity index (χ4n) is 9.81. The molecule has 0 aliphatic rings. The van der Waals surface area contributed by atoms with Crippen LogP contribution in [0.2, 0.25) is 0 Å². The van der Waals surface area contributed by atoms with Gasteiger partial charge in [-0.05, 0) is 96.3 Å². The Hall–Kier alpha value is -3.15. The van der Waals surface area contributed by atoms with E-state index in [1.807, 2.05) is 0 Å². The number of unbranched alkanes of at least 4 members (excludes halogenated alkanes) is 39. The van der Waals surface area contributed by atoms with E-state index in [2.05, 4.69) is 93.7 Å². The molecular formula is C72H128O6. The second-order valence-corrected chi connectivity index (χ2v) is 22.7. The van der Waals surface area contributed by atoms with Gasteiger partial charge in [0.1, 0.15) is 13.2 Å². The van der Waals surface area contributed by atoms with E-state index in [0.29, 0.717) is 19.3 Å². The highest BCUT2D eigenvalue weighted by molar-refractivity contribution is 5.71. The van der Waals surface area contributed by atoms with E-state index < -0.39 is 6.10 Å². The van der Waals surface area contributed by atoms with Crippen LogP contribution in [-0.2, 0) is 28.6 Å². The summed E-state index contributed by atoms with van der Waals surface area (Å²) >= 11 is 0. The van der Waals surface area contributed by atoms with Crippen LogP contribution >= 0.6 is 0 Å². The molecule has 0 amide bonds. The van der Waals surface area contributed by atoms with Crippen molar-refractivity contribution >= 4 is 17.9 Å². The molecule has 0 aliphatic heterocycles. The monoisotopic (exact) mass is 1090 g/mol. The molecule has 0 rings (SSSR count). The zero-order valence-electron chi connectivity index (χ0n) is 51.9. The van der Waals surface area contributed by atoms with Crippen LogP contribution in [0.3, 0.4) is 0 Å². The quantitative estimate of drug-likeness (QED) is 0.0261. The first-order chi connectivity index (χ1) is 38.5.